The van der Waals surface area contributed by atoms with Gasteiger partial charge < -0.3 is 15.5 Å². The van der Waals surface area contributed by atoms with Crippen molar-refractivity contribution in [3.05, 3.63) is 205 Å². The number of para-hydroxylation sites is 3. The predicted molar refractivity (Wildman–Crippen MR) is 222 cm³/mol. The molecule has 256 valence electrons. The molecule has 0 radical (unpaired) electrons. The fraction of sp³-hybridized carbons (Fsp3) is 0.0816. The second-order valence-corrected chi connectivity index (χ2v) is 13.5. The van der Waals surface area contributed by atoms with Gasteiger partial charge in [-0.15, -0.1) is 0 Å². The quantitative estimate of drug-likeness (QED) is 0.167. The first-order chi connectivity index (χ1) is 26.2. The molecule has 0 aromatic heterocycles. The first-order valence-corrected chi connectivity index (χ1v) is 18.4. The maximum absolute atomic E-state index is 5.34. The van der Waals surface area contributed by atoms with E-state index in [2.05, 4.69) is 211 Å². The smallest absolute Gasteiger partial charge is 0.145 e. The summed E-state index contributed by atoms with van der Waals surface area (Å²) >= 11 is 0. The van der Waals surface area contributed by atoms with Crippen LogP contribution in [0.1, 0.15) is 36.2 Å². The number of nitrogens with one attached hydrogen (secondary N) is 2. The van der Waals surface area contributed by atoms with Crippen LogP contribution in [0.2, 0.25) is 0 Å². The van der Waals surface area contributed by atoms with E-state index in [0.717, 1.165) is 40.1 Å². The van der Waals surface area contributed by atoms with Gasteiger partial charge >= 0.3 is 0 Å². The van der Waals surface area contributed by atoms with Gasteiger partial charge in [0.05, 0.1) is 22.8 Å². The third-order valence-electron chi connectivity index (χ3n) is 10.3. The Kier molecular flexibility index (Phi) is 8.63. The maximum atomic E-state index is 5.34. The maximum Gasteiger partial charge on any atom is 0.145 e. The molecule has 0 spiro atoms. The normalized spacial score (nSPS) is 16.2. The van der Waals surface area contributed by atoms with Crippen molar-refractivity contribution in [2.24, 2.45) is 4.99 Å². The van der Waals surface area contributed by atoms with Crippen molar-refractivity contribution >= 4 is 28.5 Å². The van der Waals surface area contributed by atoms with Gasteiger partial charge in [0.2, 0.25) is 0 Å². The lowest BCUT2D eigenvalue weighted by atomic mass is 9.91. The van der Waals surface area contributed by atoms with Gasteiger partial charge in [-0.05, 0) is 75.7 Å². The highest BCUT2D eigenvalue weighted by atomic mass is 15.3. The van der Waals surface area contributed by atoms with Crippen molar-refractivity contribution in [1.82, 2.24) is 5.32 Å². The van der Waals surface area contributed by atoms with Crippen LogP contribution in [-0.4, -0.2) is 11.9 Å². The number of fused-ring (bicyclic) bond motifs is 1. The van der Waals surface area contributed by atoms with E-state index < -0.39 is 0 Å². The zero-order chi connectivity index (χ0) is 35.6. The largest absolute Gasteiger partial charge is 0.363 e. The lowest BCUT2D eigenvalue weighted by Crippen LogP contribution is -2.31. The van der Waals surface area contributed by atoms with Gasteiger partial charge in [0.15, 0.2) is 0 Å². The molecule has 2 atom stereocenters. The van der Waals surface area contributed by atoms with Crippen molar-refractivity contribution in [3.63, 3.8) is 0 Å². The van der Waals surface area contributed by atoms with Crippen molar-refractivity contribution in [2.45, 2.75) is 25.7 Å². The number of anilines is 3. The van der Waals surface area contributed by atoms with Crippen LogP contribution in [0.5, 0.6) is 0 Å². The lowest BCUT2D eigenvalue weighted by molar-refractivity contribution is 0.664. The van der Waals surface area contributed by atoms with E-state index in [-0.39, 0.29) is 12.3 Å². The zero-order valence-corrected chi connectivity index (χ0v) is 29.7. The summed E-state index contributed by atoms with van der Waals surface area (Å²) in [6, 6.07) is 64.8. The Morgan fingerprint density at radius 1 is 0.491 bits per heavy atom. The van der Waals surface area contributed by atoms with E-state index in [1.54, 1.807) is 0 Å². The second-order valence-electron chi connectivity index (χ2n) is 13.5. The molecule has 53 heavy (non-hydrogen) atoms. The van der Waals surface area contributed by atoms with Gasteiger partial charge in [0.1, 0.15) is 12.3 Å². The minimum Gasteiger partial charge on any atom is -0.363 e. The van der Waals surface area contributed by atoms with Crippen LogP contribution >= 0.6 is 0 Å². The molecule has 0 fully saturated rings. The summed E-state index contributed by atoms with van der Waals surface area (Å²) in [6.45, 7) is 2.24. The van der Waals surface area contributed by atoms with Crippen LogP contribution in [0.25, 0.3) is 39.1 Å². The number of rotatable bonds is 8. The Labute approximate surface area is 311 Å². The molecule has 7 aromatic carbocycles. The highest BCUT2D eigenvalue weighted by Gasteiger charge is 2.30. The van der Waals surface area contributed by atoms with Gasteiger partial charge in [-0.2, -0.15) is 0 Å². The molecule has 0 amide bonds. The van der Waals surface area contributed by atoms with Crippen molar-refractivity contribution in [3.8, 4) is 33.4 Å². The summed E-state index contributed by atoms with van der Waals surface area (Å²) in [5.74, 6) is 0. The van der Waals surface area contributed by atoms with E-state index >= 15 is 0 Å². The molecule has 0 saturated heterocycles. The third-order valence-corrected chi connectivity index (χ3v) is 10.3. The van der Waals surface area contributed by atoms with E-state index in [4.69, 9.17) is 4.99 Å². The molecule has 0 saturated carbocycles. The van der Waals surface area contributed by atoms with Crippen molar-refractivity contribution < 1.29 is 0 Å². The number of benzene rings is 7. The van der Waals surface area contributed by atoms with Crippen LogP contribution in [-0.2, 0) is 0 Å². The van der Waals surface area contributed by atoms with Gasteiger partial charge in [0, 0.05) is 16.8 Å². The molecular weight excluding hydrogens is 645 g/mol. The average molecular weight is 685 g/mol. The van der Waals surface area contributed by atoms with Crippen molar-refractivity contribution in [1.29, 1.82) is 0 Å². The Morgan fingerprint density at radius 3 is 1.79 bits per heavy atom. The summed E-state index contributed by atoms with van der Waals surface area (Å²) in [5.41, 5.74) is 16.0. The van der Waals surface area contributed by atoms with Gasteiger partial charge in [-0.3, -0.25) is 4.99 Å². The zero-order valence-electron chi connectivity index (χ0n) is 29.7. The second kappa shape index (κ2) is 14.2. The molecule has 2 heterocycles. The van der Waals surface area contributed by atoms with E-state index in [0.29, 0.717) is 0 Å². The topological polar surface area (TPSA) is 39.7 Å². The molecule has 4 heteroatoms. The molecule has 9 rings (SSSR count). The van der Waals surface area contributed by atoms with E-state index in [9.17, 15) is 0 Å². The fourth-order valence-electron chi connectivity index (χ4n) is 7.76. The molecule has 2 aliphatic heterocycles. The number of hydrogen-bond acceptors (Lipinski definition) is 4. The summed E-state index contributed by atoms with van der Waals surface area (Å²) in [5, 5.41) is 7.59. The molecule has 4 nitrogen and oxygen atoms in total. The summed E-state index contributed by atoms with van der Waals surface area (Å²) in [7, 11) is 0. The number of nitrogens with zero attached hydrogens (tertiary/aromatic N) is 2. The van der Waals surface area contributed by atoms with Crippen LogP contribution in [0.3, 0.4) is 0 Å². The molecule has 0 bridgehead atoms. The molecule has 2 unspecified atom stereocenters. The molecule has 2 N–H and O–H groups in total. The first-order valence-electron chi connectivity index (χ1n) is 18.4. The van der Waals surface area contributed by atoms with Gasteiger partial charge in [0.25, 0.3) is 0 Å². The number of allylic oxidation sites excluding steroid dienone is 1. The fourth-order valence-corrected chi connectivity index (χ4v) is 7.76. The van der Waals surface area contributed by atoms with Crippen LogP contribution < -0.4 is 15.5 Å². The average Bonchev–Trinajstić information content (AvgIpc) is 3.63. The summed E-state index contributed by atoms with van der Waals surface area (Å²) in [4.78, 5) is 7.80. The molecule has 7 aromatic rings. The van der Waals surface area contributed by atoms with E-state index in [1.807, 2.05) is 0 Å². The van der Waals surface area contributed by atoms with E-state index in [1.165, 1.54) is 44.9 Å². The Balaban J connectivity index is 1.12. The first kappa shape index (κ1) is 32.3. The highest BCUT2D eigenvalue weighted by Crippen LogP contribution is 2.46. The monoisotopic (exact) mass is 684 g/mol. The number of hydrogen-bond donors (Lipinski definition) is 2. The molecular formula is C49H40N4. The summed E-state index contributed by atoms with van der Waals surface area (Å²) in [6.07, 6.45) is 3.05. The van der Waals surface area contributed by atoms with Crippen LogP contribution in [0.4, 0.5) is 17.1 Å². The van der Waals surface area contributed by atoms with Crippen molar-refractivity contribution in [2.75, 3.05) is 10.2 Å². The van der Waals surface area contributed by atoms with Crippen LogP contribution in [0.15, 0.2) is 193 Å². The third kappa shape index (κ3) is 6.19. The van der Waals surface area contributed by atoms with Gasteiger partial charge in [-0.25, -0.2) is 0 Å². The Hall–Kier alpha value is -6.65. The Morgan fingerprint density at radius 2 is 1.06 bits per heavy atom. The molecule has 2 aliphatic rings. The minimum atomic E-state index is -0.286. The summed E-state index contributed by atoms with van der Waals surface area (Å²) < 4.78 is 0. The minimum absolute atomic E-state index is 0.173. The SMILES string of the molecule is CCC1Nc2ccccc2N1c1ccccc1-c1ccccc1-c1cccc(C2N=C(c3ccccc3)C=C(c3ccccc3-c3ccccc3)N2)c1. The highest BCUT2D eigenvalue weighted by molar-refractivity contribution is 6.13. The predicted octanol–water partition coefficient (Wildman–Crippen LogP) is 12.1. The lowest BCUT2D eigenvalue weighted by Gasteiger charge is -2.29. The number of aliphatic imine (C=N–C) groups is 1. The van der Waals surface area contributed by atoms with Crippen LogP contribution in [0, 0.1) is 0 Å². The standard InChI is InChI=1S/C49H40N4/c1-2-48-50-43-29-14-16-31-47(43)53(48)46-30-15-13-28-42(46)40-26-11-9-25-39(40)36-22-17-23-37(32-36)49-51-44(35-20-7-4-8-21-35)33-45(52-49)41-27-12-10-24-38(41)34-18-5-3-6-19-34/h3-33,48-50,52H,2H2,1H3. The Bertz CT molecular complexity index is 2470. The molecule has 0 aliphatic carbocycles. The van der Waals surface area contributed by atoms with Gasteiger partial charge in [-0.1, -0.05) is 165 Å².